The van der Waals surface area contributed by atoms with Crippen LogP contribution >= 0.6 is 0 Å². The van der Waals surface area contributed by atoms with Gasteiger partial charge in [-0.15, -0.1) is 0 Å². The fourth-order valence-electron chi connectivity index (χ4n) is 2.66. The first-order valence-electron chi connectivity index (χ1n) is 5.79. The van der Waals surface area contributed by atoms with Gasteiger partial charge in [0.1, 0.15) is 0 Å². The molecule has 0 aromatic carbocycles. The third-order valence-electron chi connectivity index (χ3n) is 3.35. The van der Waals surface area contributed by atoms with Gasteiger partial charge in [0.25, 0.3) is 0 Å². The Morgan fingerprint density at radius 1 is 1.07 bits per heavy atom. The molecule has 0 bridgehead atoms. The van der Waals surface area contributed by atoms with Gasteiger partial charge in [-0.1, -0.05) is 25.0 Å². The van der Waals surface area contributed by atoms with Crippen LogP contribution in [-0.4, -0.2) is 0 Å². The molecule has 0 spiro atoms. The maximum Gasteiger partial charge on any atom is -0.0134 e. The average molecular weight is 192 g/mol. The predicted molar refractivity (Wildman–Crippen MR) is 64.3 cm³/mol. The molecule has 1 saturated carbocycles. The van der Waals surface area contributed by atoms with Crippen molar-refractivity contribution < 1.29 is 0 Å². The lowest BCUT2D eigenvalue weighted by Gasteiger charge is -2.19. The summed E-state index contributed by atoms with van der Waals surface area (Å²) in [5.41, 5.74) is 6.35. The van der Waals surface area contributed by atoms with E-state index >= 15 is 0 Å². The molecule has 0 amide bonds. The van der Waals surface area contributed by atoms with E-state index in [2.05, 4.69) is 41.5 Å². The summed E-state index contributed by atoms with van der Waals surface area (Å²) >= 11 is 0. The van der Waals surface area contributed by atoms with Crippen molar-refractivity contribution in [2.45, 2.75) is 54.4 Å². The molecule has 0 aromatic rings. The van der Waals surface area contributed by atoms with Crippen molar-refractivity contribution in [3.8, 4) is 0 Å². The van der Waals surface area contributed by atoms with Crippen molar-refractivity contribution in [3.63, 3.8) is 0 Å². The normalized spacial score (nSPS) is 22.1. The molecule has 0 aliphatic heterocycles. The second kappa shape index (κ2) is 4.33. The summed E-state index contributed by atoms with van der Waals surface area (Å²) in [6.45, 7) is 13.7. The smallest absolute Gasteiger partial charge is 0.0134 e. The topological polar surface area (TPSA) is 0 Å². The molecule has 0 radical (unpaired) electrons. The number of allylic oxidation sites excluding steroid dienone is 4. The third-order valence-corrected chi connectivity index (χ3v) is 3.35. The van der Waals surface area contributed by atoms with Gasteiger partial charge in [-0.2, -0.15) is 0 Å². The van der Waals surface area contributed by atoms with Crippen LogP contribution in [-0.2, 0) is 0 Å². The molecule has 80 valence electrons. The number of rotatable bonds is 1. The fourth-order valence-corrected chi connectivity index (χ4v) is 2.66. The van der Waals surface area contributed by atoms with Gasteiger partial charge in [0.15, 0.2) is 0 Å². The van der Waals surface area contributed by atoms with Crippen LogP contribution in [0.5, 0.6) is 0 Å². The molecule has 1 rings (SSSR count). The molecule has 0 nitrogen and oxygen atoms in total. The molecule has 0 N–H and O–H groups in total. The zero-order valence-electron chi connectivity index (χ0n) is 10.6. The summed E-state index contributed by atoms with van der Waals surface area (Å²) < 4.78 is 0. The molecule has 1 atom stereocenters. The summed E-state index contributed by atoms with van der Waals surface area (Å²) in [5.74, 6) is 1.60. The minimum Gasteiger partial charge on any atom is -0.0729 e. The number of hydrogen-bond acceptors (Lipinski definition) is 0. The van der Waals surface area contributed by atoms with Gasteiger partial charge >= 0.3 is 0 Å². The predicted octanol–water partition coefficient (Wildman–Crippen LogP) is 4.73. The molecule has 1 fully saturated rings. The zero-order valence-corrected chi connectivity index (χ0v) is 10.6. The standard InChI is InChI=1S/C14H24/c1-9(2)12-7-8-13(10(3)4)14(12)11(5)6/h9,12H,7-8H2,1-6H3. The highest BCUT2D eigenvalue weighted by Crippen LogP contribution is 2.43. The highest BCUT2D eigenvalue weighted by atomic mass is 14.3. The van der Waals surface area contributed by atoms with Gasteiger partial charge in [0, 0.05) is 0 Å². The van der Waals surface area contributed by atoms with Crippen LogP contribution < -0.4 is 0 Å². The fraction of sp³-hybridized carbons (Fsp3) is 0.714. The van der Waals surface area contributed by atoms with E-state index in [9.17, 15) is 0 Å². The van der Waals surface area contributed by atoms with E-state index in [-0.39, 0.29) is 0 Å². The molecular weight excluding hydrogens is 168 g/mol. The van der Waals surface area contributed by atoms with Crippen molar-refractivity contribution in [1.82, 2.24) is 0 Å². The summed E-state index contributed by atoms with van der Waals surface area (Å²) in [7, 11) is 0. The maximum absolute atomic E-state index is 2.35. The van der Waals surface area contributed by atoms with Gasteiger partial charge in [-0.3, -0.25) is 0 Å². The van der Waals surface area contributed by atoms with E-state index in [1.807, 2.05) is 0 Å². The highest BCUT2D eigenvalue weighted by Gasteiger charge is 2.28. The van der Waals surface area contributed by atoms with Crippen LogP contribution in [0.15, 0.2) is 22.3 Å². The lowest BCUT2D eigenvalue weighted by Crippen LogP contribution is -2.07. The van der Waals surface area contributed by atoms with E-state index in [4.69, 9.17) is 0 Å². The van der Waals surface area contributed by atoms with Crippen LogP contribution in [0.3, 0.4) is 0 Å². The Kier molecular flexibility index (Phi) is 3.58. The molecule has 0 saturated heterocycles. The molecule has 0 heterocycles. The molecule has 1 aliphatic carbocycles. The third kappa shape index (κ3) is 2.10. The van der Waals surface area contributed by atoms with Gasteiger partial charge in [-0.25, -0.2) is 0 Å². The van der Waals surface area contributed by atoms with Gasteiger partial charge in [-0.05, 0) is 63.5 Å². The van der Waals surface area contributed by atoms with Crippen molar-refractivity contribution >= 4 is 0 Å². The summed E-state index contributed by atoms with van der Waals surface area (Å²) in [6.07, 6.45) is 2.66. The van der Waals surface area contributed by atoms with Crippen molar-refractivity contribution in [3.05, 3.63) is 22.3 Å². The van der Waals surface area contributed by atoms with Crippen LogP contribution in [0.2, 0.25) is 0 Å². The second-order valence-electron chi connectivity index (χ2n) is 5.28. The van der Waals surface area contributed by atoms with Crippen LogP contribution in [0, 0.1) is 11.8 Å². The van der Waals surface area contributed by atoms with E-state index in [1.165, 1.54) is 24.0 Å². The Bertz CT molecular complexity index is 268. The van der Waals surface area contributed by atoms with Gasteiger partial charge in [0.05, 0.1) is 0 Å². The van der Waals surface area contributed by atoms with E-state index < -0.39 is 0 Å². The highest BCUT2D eigenvalue weighted by molar-refractivity contribution is 5.42. The van der Waals surface area contributed by atoms with Crippen molar-refractivity contribution in [2.24, 2.45) is 11.8 Å². The average Bonchev–Trinajstić information content (AvgIpc) is 2.46. The first-order chi connectivity index (χ1) is 6.45. The summed E-state index contributed by atoms with van der Waals surface area (Å²) in [6, 6.07) is 0. The van der Waals surface area contributed by atoms with Crippen molar-refractivity contribution in [1.29, 1.82) is 0 Å². The second-order valence-corrected chi connectivity index (χ2v) is 5.28. The van der Waals surface area contributed by atoms with Crippen molar-refractivity contribution in [2.75, 3.05) is 0 Å². The molecular formula is C14H24. The Morgan fingerprint density at radius 3 is 2.00 bits per heavy atom. The molecule has 0 aromatic heterocycles. The summed E-state index contributed by atoms with van der Waals surface area (Å²) in [5, 5.41) is 0. The van der Waals surface area contributed by atoms with Crippen LogP contribution in [0.4, 0.5) is 0 Å². The Hall–Kier alpha value is -0.520. The minimum absolute atomic E-state index is 0.789. The van der Waals surface area contributed by atoms with Crippen LogP contribution in [0.25, 0.3) is 0 Å². The maximum atomic E-state index is 2.35. The monoisotopic (exact) mass is 192 g/mol. The SMILES string of the molecule is CC(C)=C1CCC(C(C)C)C1=C(C)C. The first kappa shape index (κ1) is 11.6. The molecule has 14 heavy (non-hydrogen) atoms. The Balaban J connectivity index is 3.12. The first-order valence-corrected chi connectivity index (χ1v) is 5.79. The largest absolute Gasteiger partial charge is 0.0729 e. The van der Waals surface area contributed by atoms with E-state index in [0.29, 0.717) is 0 Å². The minimum atomic E-state index is 0.789. The molecule has 1 unspecified atom stereocenters. The lowest BCUT2D eigenvalue weighted by atomic mass is 9.86. The Morgan fingerprint density at radius 2 is 1.64 bits per heavy atom. The summed E-state index contributed by atoms with van der Waals surface area (Å²) in [4.78, 5) is 0. The Labute approximate surface area is 89.1 Å². The zero-order chi connectivity index (χ0) is 10.9. The van der Waals surface area contributed by atoms with E-state index in [1.54, 1.807) is 11.1 Å². The lowest BCUT2D eigenvalue weighted by molar-refractivity contribution is 0.450. The number of hydrogen-bond donors (Lipinski definition) is 0. The van der Waals surface area contributed by atoms with Gasteiger partial charge < -0.3 is 0 Å². The van der Waals surface area contributed by atoms with Gasteiger partial charge in [0.2, 0.25) is 0 Å². The molecule has 1 aliphatic rings. The van der Waals surface area contributed by atoms with E-state index in [0.717, 1.165) is 11.8 Å². The molecule has 0 heteroatoms. The van der Waals surface area contributed by atoms with Crippen LogP contribution in [0.1, 0.15) is 54.4 Å². The quantitative estimate of drug-likeness (QED) is 0.563.